The Morgan fingerprint density at radius 2 is 1.62 bits per heavy atom. The van der Waals surface area contributed by atoms with Gasteiger partial charge in [-0.3, -0.25) is 14.5 Å². The molecule has 0 spiro atoms. The summed E-state index contributed by atoms with van der Waals surface area (Å²) in [7, 11) is 0. The zero-order valence-electron chi connectivity index (χ0n) is 21.4. The number of amides is 3. The highest BCUT2D eigenvalue weighted by molar-refractivity contribution is 6.06. The minimum absolute atomic E-state index is 0.127. The fourth-order valence-electron chi connectivity index (χ4n) is 4.68. The Labute approximate surface area is 203 Å². The summed E-state index contributed by atoms with van der Waals surface area (Å²) in [5.41, 5.74) is 0.500. The Morgan fingerprint density at radius 3 is 2.21 bits per heavy atom. The maximum absolute atomic E-state index is 13.8. The lowest BCUT2D eigenvalue weighted by Crippen LogP contribution is -2.56. The highest BCUT2D eigenvalue weighted by Gasteiger charge is 2.38. The zero-order valence-corrected chi connectivity index (χ0v) is 21.4. The van der Waals surface area contributed by atoms with E-state index in [9.17, 15) is 14.4 Å². The van der Waals surface area contributed by atoms with E-state index in [4.69, 9.17) is 4.74 Å². The molecule has 34 heavy (non-hydrogen) atoms. The molecule has 1 saturated carbocycles. The van der Waals surface area contributed by atoms with Crippen LogP contribution in [0.25, 0.3) is 0 Å². The fraction of sp³-hybridized carbons (Fsp3) is 0.654. The van der Waals surface area contributed by atoms with Crippen molar-refractivity contribution in [3.05, 3.63) is 24.3 Å². The molecule has 188 valence electrons. The lowest BCUT2D eigenvalue weighted by molar-refractivity contribution is -0.125. The highest BCUT2D eigenvalue weighted by atomic mass is 16.6. The molecule has 1 aromatic rings. The van der Waals surface area contributed by atoms with E-state index in [1.165, 1.54) is 11.3 Å². The van der Waals surface area contributed by atoms with Crippen LogP contribution in [0.5, 0.6) is 0 Å². The molecule has 2 aliphatic rings. The molecule has 1 aliphatic carbocycles. The van der Waals surface area contributed by atoms with Crippen LogP contribution in [0.2, 0.25) is 0 Å². The van der Waals surface area contributed by atoms with E-state index in [2.05, 4.69) is 15.5 Å². The van der Waals surface area contributed by atoms with Crippen LogP contribution in [0.3, 0.4) is 0 Å². The number of carbonyl (C=O) groups is 3. The predicted octanol–water partition coefficient (Wildman–Crippen LogP) is 3.98. The van der Waals surface area contributed by atoms with Crippen LogP contribution in [-0.2, 0) is 14.3 Å². The number of anilines is 2. The second kappa shape index (κ2) is 10.2. The standard InChI is InChI=1S/C26H40N4O4/c1-25(2,3)28-22(31)17-30-21-15-11-10-14-20(21)29(18-12-8-7-9-13-18)16-19(23(30)32)27-24(33)34-26(4,5)6/h10-11,14-15,18-19H,7-9,12-13,16-17H2,1-6H3,(H,27,33)(H,28,31). The van der Waals surface area contributed by atoms with E-state index >= 15 is 0 Å². The van der Waals surface area contributed by atoms with Gasteiger partial charge in [0.25, 0.3) is 5.91 Å². The van der Waals surface area contributed by atoms with Gasteiger partial charge >= 0.3 is 6.09 Å². The molecule has 0 bridgehead atoms. The van der Waals surface area contributed by atoms with E-state index in [1.807, 2.05) is 45.0 Å². The van der Waals surface area contributed by atoms with Gasteiger partial charge in [-0.05, 0) is 66.5 Å². The third-order valence-electron chi connectivity index (χ3n) is 5.95. The molecular formula is C26H40N4O4. The summed E-state index contributed by atoms with van der Waals surface area (Å²) in [6.45, 7) is 11.3. The van der Waals surface area contributed by atoms with Crippen molar-refractivity contribution in [2.24, 2.45) is 0 Å². The van der Waals surface area contributed by atoms with Gasteiger partial charge in [0.15, 0.2) is 0 Å². The number of alkyl carbamates (subject to hydrolysis) is 1. The molecule has 0 saturated heterocycles. The van der Waals surface area contributed by atoms with E-state index in [-0.39, 0.29) is 24.4 Å². The topological polar surface area (TPSA) is 91.0 Å². The maximum Gasteiger partial charge on any atom is 0.408 e. The van der Waals surface area contributed by atoms with Crippen molar-refractivity contribution in [2.75, 3.05) is 22.9 Å². The fourth-order valence-corrected chi connectivity index (χ4v) is 4.68. The summed E-state index contributed by atoms with van der Waals surface area (Å²) >= 11 is 0. The number of nitrogens with one attached hydrogen (secondary N) is 2. The van der Waals surface area contributed by atoms with Gasteiger partial charge in [-0.2, -0.15) is 0 Å². The van der Waals surface area contributed by atoms with Crippen molar-refractivity contribution >= 4 is 29.3 Å². The Bertz CT molecular complexity index is 897. The number of fused-ring (bicyclic) bond motifs is 1. The van der Waals surface area contributed by atoms with Crippen molar-refractivity contribution in [3.8, 4) is 0 Å². The van der Waals surface area contributed by atoms with Gasteiger partial charge in [0, 0.05) is 18.1 Å². The van der Waals surface area contributed by atoms with Gasteiger partial charge in [-0.15, -0.1) is 0 Å². The zero-order chi connectivity index (χ0) is 25.1. The third kappa shape index (κ3) is 6.87. The second-order valence-corrected chi connectivity index (χ2v) is 11.4. The summed E-state index contributed by atoms with van der Waals surface area (Å²) in [6, 6.07) is 7.14. The number of carbonyl (C=O) groups excluding carboxylic acids is 3. The first-order chi connectivity index (χ1) is 15.8. The minimum Gasteiger partial charge on any atom is -0.444 e. The molecule has 1 aliphatic heterocycles. The quantitative estimate of drug-likeness (QED) is 0.692. The molecule has 0 aromatic heterocycles. The SMILES string of the molecule is CC(C)(C)NC(=O)CN1C(=O)C(NC(=O)OC(C)(C)C)CN(C2CCCCC2)c2ccccc21. The summed E-state index contributed by atoms with van der Waals surface area (Å²) in [5, 5.41) is 5.74. The van der Waals surface area contributed by atoms with Crippen LogP contribution in [-0.4, -0.2) is 54.2 Å². The van der Waals surface area contributed by atoms with Crippen LogP contribution in [0, 0.1) is 0 Å². The van der Waals surface area contributed by atoms with Crippen molar-refractivity contribution < 1.29 is 19.1 Å². The van der Waals surface area contributed by atoms with Crippen molar-refractivity contribution in [1.29, 1.82) is 0 Å². The van der Waals surface area contributed by atoms with Crippen LogP contribution in [0.15, 0.2) is 24.3 Å². The first-order valence-electron chi connectivity index (χ1n) is 12.3. The molecular weight excluding hydrogens is 432 g/mol. The van der Waals surface area contributed by atoms with Gasteiger partial charge in [0.1, 0.15) is 18.2 Å². The molecule has 3 amide bonds. The molecule has 3 rings (SSSR count). The van der Waals surface area contributed by atoms with E-state index in [0.717, 1.165) is 31.4 Å². The first-order valence-corrected chi connectivity index (χ1v) is 12.3. The predicted molar refractivity (Wildman–Crippen MR) is 134 cm³/mol. The smallest absolute Gasteiger partial charge is 0.408 e. The molecule has 1 heterocycles. The second-order valence-electron chi connectivity index (χ2n) is 11.4. The molecule has 8 nitrogen and oxygen atoms in total. The van der Waals surface area contributed by atoms with Crippen LogP contribution in [0.4, 0.5) is 16.2 Å². The molecule has 0 radical (unpaired) electrons. The third-order valence-corrected chi connectivity index (χ3v) is 5.95. The van der Waals surface area contributed by atoms with Crippen molar-refractivity contribution in [2.45, 2.75) is 96.9 Å². The minimum atomic E-state index is -0.841. The van der Waals surface area contributed by atoms with Gasteiger partial charge < -0.3 is 20.3 Å². The number of benzene rings is 1. The summed E-state index contributed by atoms with van der Waals surface area (Å²) in [4.78, 5) is 43.1. The monoisotopic (exact) mass is 472 g/mol. The molecule has 2 N–H and O–H groups in total. The molecule has 1 atom stereocenters. The van der Waals surface area contributed by atoms with E-state index in [1.54, 1.807) is 20.8 Å². The summed E-state index contributed by atoms with van der Waals surface area (Å²) in [6.07, 6.45) is 4.92. The average molecular weight is 473 g/mol. The first kappa shape index (κ1) is 25.8. The number of nitrogens with zero attached hydrogens (tertiary/aromatic N) is 2. The van der Waals surface area contributed by atoms with E-state index < -0.39 is 23.3 Å². The van der Waals surface area contributed by atoms with Crippen LogP contribution < -0.4 is 20.4 Å². The normalized spacial score (nSPS) is 19.8. The van der Waals surface area contributed by atoms with Crippen molar-refractivity contribution in [3.63, 3.8) is 0 Å². The average Bonchev–Trinajstić information content (AvgIpc) is 2.82. The Morgan fingerprint density at radius 1 is 1.00 bits per heavy atom. The highest BCUT2D eigenvalue weighted by Crippen LogP contribution is 2.37. The largest absolute Gasteiger partial charge is 0.444 e. The number of ether oxygens (including phenoxy) is 1. The number of para-hydroxylation sites is 2. The number of rotatable bonds is 4. The Balaban J connectivity index is 1.97. The number of hydrogen-bond acceptors (Lipinski definition) is 5. The van der Waals surface area contributed by atoms with Crippen LogP contribution in [0.1, 0.15) is 73.6 Å². The van der Waals surface area contributed by atoms with Gasteiger partial charge in [0.05, 0.1) is 11.4 Å². The van der Waals surface area contributed by atoms with Gasteiger partial charge in [-0.1, -0.05) is 31.4 Å². The lowest BCUT2D eigenvalue weighted by Gasteiger charge is -2.37. The maximum atomic E-state index is 13.8. The summed E-state index contributed by atoms with van der Waals surface area (Å²) in [5.74, 6) is -0.571. The lowest BCUT2D eigenvalue weighted by atomic mass is 9.93. The van der Waals surface area contributed by atoms with Gasteiger partial charge in [-0.25, -0.2) is 4.79 Å². The summed E-state index contributed by atoms with van der Waals surface area (Å²) < 4.78 is 5.45. The molecule has 8 heteroatoms. The van der Waals surface area contributed by atoms with Gasteiger partial charge in [0.2, 0.25) is 5.91 Å². The molecule has 1 aromatic carbocycles. The van der Waals surface area contributed by atoms with Crippen LogP contribution >= 0.6 is 0 Å². The van der Waals surface area contributed by atoms with Crippen molar-refractivity contribution in [1.82, 2.24) is 10.6 Å². The number of hydrogen-bond donors (Lipinski definition) is 2. The molecule has 1 unspecified atom stereocenters. The Hall–Kier alpha value is -2.77. The van der Waals surface area contributed by atoms with E-state index in [0.29, 0.717) is 12.2 Å². The Kier molecular flexibility index (Phi) is 7.78. The molecule has 1 fully saturated rings.